The number of aliphatic hydroxyl groups is 1. The van der Waals surface area contributed by atoms with E-state index in [1.54, 1.807) is 0 Å². The molecule has 216 valence electrons. The van der Waals surface area contributed by atoms with E-state index in [2.05, 4.69) is 5.32 Å². The Balaban J connectivity index is 2.48. The SMILES string of the molecule is CC(O)(CCCCCCSCCCC(F)(F)C(F)(F)F)C(=O)Nc1ccc(C#N)c(S(=O)(=O)C(F)(F)F)c1. The van der Waals surface area contributed by atoms with Crippen LogP contribution in [0.15, 0.2) is 23.1 Å². The highest BCUT2D eigenvalue weighted by Crippen LogP contribution is 2.39. The van der Waals surface area contributed by atoms with Gasteiger partial charge in [0.2, 0.25) is 0 Å². The van der Waals surface area contributed by atoms with Gasteiger partial charge in [0, 0.05) is 12.1 Å². The predicted molar refractivity (Wildman–Crippen MR) is 124 cm³/mol. The lowest BCUT2D eigenvalue weighted by atomic mass is 9.97. The summed E-state index contributed by atoms with van der Waals surface area (Å²) in [7, 11) is -5.87. The zero-order chi connectivity index (χ0) is 29.4. The van der Waals surface area contributed by atoms with Gasteiger partial charge in [0.25, 0.3) is 15.7 Å². The minimum atomic E-state index is -5.87. The molecule has 1 atom stereocenters. The molecule has 0 aliphatic carbocycles. The maximum absolute atomic E-state index is 12.9. The average Bonchev–Trinajstić information content (AvgIpc) is 2.78. The number of benzene rings is 1. The number of halogens is 8. The Morgan fingerprint density at radius 2 is 1.55 bits per heavy atom. The highest BCUT2D eigenvalue weighted by atomic mass is 32.2. The number of thioether (sulfide) groups is 1. The average molecular weight is 599 g/mol. The summed E-state index contributed by atoms with van der Waals surface area (Å²) in [6, 6.07) is 3.64. The van der Waals surface area contributed by atoms with Gasteiger partial charge < -0.3 is 10.4 Å². The molecule has 0 saturated heterocycles. The van der Waals surface area contributed by atoms with E-state index in [0.717, 1.165) is 19.1 Å². The predicted octanol–water partition coefficient (Wildman–Crippen LogP) is 6.20. The van der Waals surface area contributed by atoms with Gasteiger partial charge in [-0.1, -0.05) is 19.3 Å². The van der Waals surface area contributed by atoms with Crippen molar-refractivity contribution in [1.29, 1.82) is 5.26 Å². The third-order valence-corrected chi connectivity index (χ3v) is 8.02. The molecule has 0 radical (unpaired) electrons. The lowest BCUT2D eigenvalue weighted by molar-refractivity contribution is -0.284. The molecule has 0 saturated carbocycles. The lowest BCUT2D eigenvalue weighted by Crippen LogP contribution is -2.40. The largest absolute Gasteiger partial charge is 0.501 e. The number of sulfone groups is 1. The summed E-state index contributed by atoms with van der Waals surface area (Å²) < 4.78 is 124. The Bertz CT molecular complexity index is 1100. The standard InChI is InChI=1S/C22H26F8N2O4S2/c1-19(34,9-4-2-3-5-11-37-12-6-10-20(23,24)21(25,26)27)18(33)32-16-8-7-15(14-31)17(13-16)38(35,36)22(28,29)30/h7-8,13,34H,2-6,9-12H2,1H3,(H,32,33). The van der Waals surface area contributed by atoms with Gasteiger partial charge in [-0.05, 0) is 55.9 Å². The van der Waals surface area contributed by atoms with Gasteiger partial charge in [0.1, 0.15) is 11.7 Å². The number of alkyl halides is 8. The molecule has 0 aliphatic heterocycles. The third-order valence-electron chi connectivity index (χ3n) is 5.34. The van der Waals surface area contributed by atoms with E-state index in [1.165, 1.54) is 17.8 Å². The Morgan fingerprint density at radius 1 is 0.974 bits per heavy atom. The van der Waals surface area contributed by atoms with Crippen molar-refractivity contribution in [2.45, 2.75) is 80.0 Å². The van der Waals surface area contributed by atoms with Crippen molar-refractivity contribution in [3.05, 3.63) is 23.8 Å². The Kier molecular flexibility index (Phi) is 11.9. The fourth-order valence-electron chi connectivity index (χ4n) is 3.09. The Morgan fingerprint density at radius 3 is 2.11 bits per heavy atom. The fourth-order valence-corrected chi connectivity index (χ4v) is 4.98. The fraction of sp³-hybridized carbons (Fsp3) is 0.636. The van der Waals surface area contributed by atoms with Crippen LogP contribution in [0.2, 0.25) is 0 Å². The van der Waals surface area contributed by atoms with Crippen LogP contribution in [0.4, 0.5) is 40.8 Å². The van der Waals surface area contributed by atoms with E-state index in [0.29, 0.717) is 37.5 Å². The number of carbonyl (C=O) groups is 1. The minimum absolute atomic E-state index is 0.0531. The highest BCUT2D eigenvalue weighted by molar-refractivity contribution is 7.99. The van der Waals surface area contributed by atoms with Gasteiger partial charge in [-0.3, -0.25) is 4.79 Å². The first-order chi connectivity index (χ1) is 17.3. The lowest BCUT2D eigenvalue weighted by Gasteiger charge is -2.22. The van der Waals surface area contributed by atoms with Gasteiger partial charge in [-0.2, -0.15) is 52.1 Å². The molecule has 1 rings (SSSR count). The van der Waals surface area contributed by atoms with E-state index in [-0.39, 0.29) is 24.3 Å². The van der Waals surface area contributed by atoms with Crippen molar-refractivity contribution >= 4 is 33.2 Å². The van der Waals surface area contributed by atoms with Crippen LogP contribution >= 0.6 is 11.8 Å². The van der Waals surface area contributed by atoms with Crippen LogP contribution in [0, 0.1) is 11.3 Å². The first-order valence-corrected chi connectivity index (χ1v) is 13.8. The summed E-state index contributed by atoms with van der Waals surface area (Å²) in [5.41, 5.74) is -8.78. The van der Waals surface area contributed by atoms with E-state index in [4.69, 9.17) is 5.26 Å². The highest BCUT2D eigenvalue weighted by Gasteiger charge is 2.56. The second-order valence-electron chi connectivity index (χ2n) is 8.58. The second kappa shape index (κ2) is 13.3. The normalized spacial score (nSPS) is 14.6. The molecule has 1 amide bonds. The first kappa shape index (κ1) is 33.9. The molecule has 0 aliphatic rings. The smallest absolute Gasteiger partial charge is 0.380 e. The van der Waals surface area contributed by atoms with Crippen LogP contribution < -0.4 is 5.32 Å². The number of rotatable bonds is 14. The summed E-state index contributed by atoms with van der Waals surface area (Å²) in [6.07, 6.45) is -5.05. The van der Waals surface area contributed by atoms with Crippen LogP contribution in [-0.4, -0.2) is 54.1 Å². The summed E-state index contributed by atoms with van der Waals surface area (Å²) in [4.78, 5) is 11.1. The number of unbranched alkanes of at least 4 members (excludes halogenated alkanes) is 3. The molecular weight excluding hydrogens is 572 g/mol. The van der Waals surface area contributed by atoms with E-state index in [1.807, 2.05) is 0 Å². The number of nitrogens with zero attached hydrogens (tertiary/aromatic N) is 1. The molecule has 0 spiro atoms. The van der Waals surface area contributed by atoms with Crippen molar-refractivity contribution in [2.24, 2.45) is 0 Å². The Hall–Kier alpha value is -2.12. The molecule has 0 aromatic heterocycles. The number of anilines is 1. The Labute approximate surface area is 218 Å². The number of nitrogens with one attached hydrogen (secondary N) is 1. The first-order valence-electron chi connectivity index (χ1n) is 11.2. The van der Waals surface area contributed by atoms with Crippen LogP contribution in [0.1, 0.15) is 57.4 Å². The van der Waals surface area contributed by atoms with Gasteiger partial charge in [-0.25, -0.2) is 8.42 Å². The molecule has 0 fully saturated rings. The number of carbonyl (C=O) groups excluding carboxylic acids is 1. The molecule has 38 heavy (non-hydrogen) atoms. The van der Waals surface area contributed by atoms with Gasteiger partial charge >= 0.3 is 17.6 Å². The number of hydrogen-bond acceptors (Lipinski definition) is 6. The molecule has 1 unspecified atom stereocenters. The van der Waals surface area contributed by atoms with Crippen LogP contribution in [0.3, 0.4) is 0 Å². The molecule has 2 N–H and O–H groups in total. The topological polar surface area (TPSA) is 107 Å². The minimum Gasteiger partial charge on any atom is -0.380 e. The molecule has 1 aromatic carbocycles. The van der Waals surface area contributed by atoms with Gasteiger partial charge in [0.15, 0.2) is 0 Å². The number of nitriles is 1. The summed E-state index contributed by atoms with van der Waals surface area (Å²) in [6.45, 7) is 1.16. The monoisotopic (exact) mass is 598 g/mol. The van der Waals surface area contributed by atoms with Crippen molar-refractivity contribution in [3.8, 4) is 6.07 Å². The molecular formula is C22H26F8N2O4S2. The van der Waals surface area contributed by atoms with Crippen molar-refractivity contribution in [1.82, 2.24) is 0 Å². The zero-order valence-electron chi connectivity index (χ0n) is 20.1. The second-order valence-corrected chi connectivity index (χ2v) is 11.7. The summed E-state index contributed by atoms with van der Waals surface area (Å²) >= 11 is 1.23. The number of hydrogen-bond donors (Lipinski definition) is 2. The van der Waals surface area contributed by atoms with E-state index < -0.39 is 55.8 Å². The maximum atomic E-state index is 12.9. The summed E-state index contributed by atoms with van der Waals surface area (Å²) in [5, 5.41) is 21.5. The van der Waals surface area contributed by atoms with Crippen molar-refractivity contribution in [3.63, 3.8) is 0 Å². The molecule has 1 aromatic rings. The van der Waals surface area contributed by atoms with Gasteiger partial charge in [-0.15, -0.1) is 0 Å². The van der Waals surface area contributed by atoms with Crippen LogP contribution in [0.25, 0.3) is 0 Å². The van der Waals surface area contributed by atoms with Gasteiger partial charge in [0.05, 0.1) is 10.5 Å². The van der Waals surface area contributed by atoms with E-state index >= 15 is 0 Å². The third kappa shape index (κ3) is 9.57. The van der Waals surface area contributed by atoms with Crippen LogP contribution in [0.5, 0.6) is 0 Å². The van der Waals surface area contributed by atoms with Crippen molar-refractivity contribution in [2.75, 3.05) is 16.8 Å². The quantitative estimate of drug-likeness (QED) is 0.195. The van der Waals surface area contributed by atoms with Crippen molar-refractivity contribution < 1.29 is 53.4 Å². The van der Waals surface area contributed by atoms with Crippen LogP contribution in [-0.2, 0) is 14.6 Å². The summed E-state index contributed by atoms with van der Waals surface area (Å²) in [5.74, 6) is -5.05. The number of amides is 1. The molecule has 16 heteroatoms. The molecule has 6 nitrogen and oxygen atoms in total. The van der Waals surface area contributed by atoms with E-state index in [9.17, 15) is 53.4 Å². The molecule has 0 bridgehead atoms. The maximum Gasteiger partial charge on any atom is 0.501 e. The zero-order valence-corrected chi connectivity index (χ0v) is 21.7. The molecule has 0 heterocycles.